The summed E-state index contributed by atoms with van der Waals surface area (Å²) in [5.74, 6) is -0.439. The minimum Gasteiger partial charge on any atom is -0.462 e. The number of hydrogen-bond acceptors (Lipinski definition) is 5. The average Bonchev–Trinajstić information content (AvgIpc) is 2.57. The van der Waals surface area contributed by atoms with Crippen LogP contribution in [0.2, 0.25) is 5.02 Å². The standard InChI is InChI=1S/C11H11ClFNO2S2/c1-3-6(2)16-8(15)4-7-9(12)10(14-5-17)11(13)18-7/h6H,3-4H2,1-2H3. The normalized spacial score (nSPS) is 11.8. The van der Waals surface area contributed by atoms with Crippen molar-refractivity contribution in [2.24, 2.45) is 4.99 Å². The summed E-state index contributed by atoms with van der Waals surface area (Å²) in [6, 6.07) is 0. The monoisotopic (exact) mass is 307 g/mol. The molecule has 0 saturated heterocycles. The molecule has 1 unspecified atom stereocenters. The maximum Gasteiger partial charge on any atom is 0.311 e. The Kier molecular flexibility index (Phi) is 5.88. The van der Waals surface area contributed by atoms with Gasteiger partial charge in [-0.05, 0) is 25.6 Å². The Bertz CT molecular complexity index is 497. The molecule has 0 radical (unpaired) electrons. The van der Waals surface area contributed by atoms with Gasteiger partial charge < -0.3 is 4.74 Å². The molecule has 1 atom stereocenters. The molecular formula is C11H11ClFNO2S2. The zero-order valence-corrected chi connectivity index (χ0v) is 12.2. The van der Waals surface area contributed by atoms with Gasteiger partial charge in [-0.25, -0.2) is 0 Å². The number of rotatable bonds is 5. The molecule has 0 aliphatic rings. The van der Waals surface area contributed by atoms with Gasteiger partial charge in [0.05, 0.1) is 22.7 Å². The highest BCUT2D eigenvalue weighted by Gasteiger charge is 2.19. The molecule has 1 heterocycles. The molecule has 0 bridgehead atoms. The van der Waals surface area contributed by atoms with Gasteiger partial charge in [0.25, 0.3) is 0 Å². The molecule has 18 heavy (non-hydrogen) atoms. The molecule has 1 aromatic rings. The summed E-state index contributed by atoms with van der Waals surface area (Å²) in [6.07, 6.45) is 0.482. The molecule has 1 rings (SSSR count). The number of carbonyl (C=O) groups is 1. The Hall–Kier alpha value is -0.810. The van der Waals surface area contributed by atoms with E-state index in [4.69, 9.17) is 16.3 Å². The lowest BCUT2D eigenvalue weighted by molar-refractivity contribution is -0.147. The third kappa shape index (κ3) is 3.85. The first-order valence-electron chi connectivity index (χ1n) is 5.23. The summed E-state index contributed by atoms with van der Waals surface area (Å²) < 4.78 is 18.5. The third-order valence-electron chi connectivity index (χ3n) is 2.22. The fourth-order valence-electron chi connectivity index (χ4n) is 1.15. The van der Waals surface area contributed by atoms with E-state index in [2.05, 4.69) is 17.2 Å². The van der Waals surface area contributed by atoms with Crippen LogP contribution in [0.15, 0.2) is 4.99 Å². The van der Waals surface area contributed by atoms with Crippen molar-refractivity contribution < 1.29 is 13.9 Å². The Labute approximate surface area is 119 Å². The van der Waals surface area contributed by atoms with Crippen molar-refractivity contribution in [1.29, 1.82) is 0 Å². The maximum atomic E-state index is 13.4. The Morgan fingerprint density at radius 2 is 2.39 bits per heavy atom. The molecule has 3 nitrogen and oxygen atoms in total. The Morgan fingerprint density at radius 1 is 1.72 bits per heavy atom. The lowest BCUT2D eigenvalue weighted by Gasteiger charge is -2.09. The van der Waals surface area contributed by atoms with Crippen molar-refractivity contribution >= 4 is 52.0 Å². The fraction of sp³-hybridized carbons (Fsp3) is 0.455. The van der Waals surface area contributed by atoms with Crippen LogP contribution in [0.1, 0.15) is 25.1 Å². The van der Waals surface area contributed by atoms with Gasteiger partial charge in [-0.15, -0.1) is 11.3 Å². The summed E-state index contributed by atoms with van der Waals surface area (Å²) in [5.41, 5.74) is -0.0667. The van der Waals surface area contributed by atoms with Gasteiger partial charge in [0.2, 0.25) is 5.13 Å². The Morgan fingerprint density at radius 3 is 2.94 bits per heavy atom. The highest BCUT2D eigenvalue weighted by atomic mass is 35.5. The van der Waals surface area contributed by atoms with Crippen molar-refractivity contribution in [2.75, 3.05) is 0 Å². The van der Waals surface area contributed by atoms with Gasteiger partial charge in [-0.2, -0.15) is 9.38 Å². The minimum absolute atomic E-state index is 0.0667. The molecule has 0 aliphatic heterocycles. The summed E-state index contributed by atoms with van der Waals surface area (Å²) in [6.45, 7) is 3.69. The topological polar surface area (TPSA) is 38.7 Å². The molecule has 0 aromatic carbocycles. The smallest absolute Gasteiger partial charge is 0.311 e. The van der Waals surface area contributed by atoms with Gasteiger partial charge in [0.15, 0.2) is 0 Å². The Balaban J connectivity index is 2.83. The average molecular weight is 308 g/mol. The number of ether oxygens (including phenoxy) is 1. The second kappa shape index (κ2) is 6.95. The van der Waals surface area contributed by atoms with Crippen LogP contribution < -0.4 is 0 Å². The van der Waals surface area contributed by atoms with Crippen molar-refractivity contribution in [3.8, 4) is 0 Å². The number of thiocarbonyl (C=S) groups is 1. The molecule has 0 saturated carbocycles. The van der Waals surface area contributed by atoms with E-state index in [-0.39, 0.29) is 23.2 Å². The van der Waals surface area contributed by atoms with Crippen LogP contribution in [0.3, 0.4) is 0 Å². The molecule has 0 N–H and O–H groups in total. The summed E-state index contributed by atoms with van der Waals surface area (Å²) in [7, 11) is 0. The molecule has 0 spiro atoms. The van der Waals surface area contributed by atoms with E-state index in [1.807, 2.05) is 12.1 Å². The lowest BCUT2D eigenvalue weighted by atomic mass is 10.3. The first-order chi connectivity index (χ1) is 8.49. The molecule has 7 heteroatoms. The maximum absolute atomic E-state index is 13.4. The number of isothiocyanates is 1. The number of aliphatic imine (C=N–C) groups is 1. The van der Waals surface area contributed by atoms with E-state index in [9.17, 15) is 9.18 Å². The van der Waals surface area contributed by atoms with E-state index >= 15 is 0 Å². The van der Waals surface area contributed by atoms with Crippen molar-refractivity contribution in [1.82, 2.24) is 0 Å². The third-order valence-corrected chi connectivity index (χ3v) is 3.80. The van der Waals surface area contributed by atoms with Gasteiger partial charge in [0, 0.05) is 4.88 Å². The number of hydrogen-bond donors (Lipinski definition) is 0. The summed E-state index contributed by atoms with van der Waals surface area (Å²) in [4.78, 5) is 15.5. The van der Waals surface area contributed by atoms with E-state index < -0.39 is 11.1 Å². The van der Waals surface area contributed by atoms with E-state index in [0.29, 0.717) is 4.88 Å². The largest absolute Gasteiger partial charge is 0.462 e. The molecule has 1 aromatic heterocycles. The number of carbonyl (C=O) groups excluding carboxylic acids is 1. The highest BCUT2D eigenvalue weighted by molar-refractivity contribution is 7.78. The summed E-state index contributed by atoms with van der Waals surface area (Å²) >= 11 is 11.1. The molecular weight excluding hydrogens is 297 g/mol. The number of esters is 1. The van der Waals surface area contributed by atoms with Crippen LogP contribution in [0.5, 0.6) is 0 Å². The van der Waals surface area contributed by atoms with Gasteiger partial charge in [-0.3, -0.25) is 4.79 Å². The number of nitrogens with zero attached hydrogens (tertiary/aromatic N) is 1. The van der Waals surface area contributed by atoms with Crippen LogP contribution >= 0.6 is 35.2 Å². The van der Waals surface area contributed by atoms with Crippen LogP contribution in [-0.2, 0) is 16.0 Å². The quantitative estimate of drug-likeness (QED) is 0.466. The van der Waals surface area contributed by atoms with Crippen LogP contribution in [0, 0.1) is 5.13 Å². The van der Waals surface area contributed by atoms with Crippen molar-refractivity contribution in [2.45, 2.75) is 32.8 Å². The van der Waals surface area contributed by atoms with E-state index in [1.54, 1.807) is 6.92 Å². The first kappa shape index (κ1) is 15.2. The van der Waals surface area contributed by atoms with Gasteiger partial charge in [-0.1, -0.05) is 18.5 Å². The molecule has 98 valence electrons. The predicted molar refractivity (Wildman–Crippen MR) is 73.5 cm³/mol. The van der Waals surface area contributed by atoms with Crippen molar-refractivity contribution in [3.05, 3.63) is 15.0 Å². The molecule has 0 amide bonds. The van der Waals surface area contributed by atoms with Crippen molar-refractivity contribution in [3.63, 3.8) is 0 Å². The minimum atomic E-state index is -0.580. The second-order valence-electron chi connectivity index (χ2n) is 3.55. The zero-order chi connectivity index (χ0) is 13.7. The van der Waals surface area contributed by atoms with E-state index in [0.717, 1.165) is 17.8 Å². The van der Waals surface area contributed by atoms with E-state index in [1.165, 1.54) is 0 Å². The highest BCUT2D eigenvalue weighted by Crippen LogP contribution is 2.38. The molecule has 0 fully saturated rings. The van der Waals surface area contributed by atoms with Crippen LogP contribution in [0.25, 0.3) is 0 Å². The zero-order valence-electron chi connectivity index (χ0n) is 9.83. The first-order valence-corrected chi connectivity index (χ1v) is 6.83. The predicted octanol–water partition coefficient (Wildman–Crippen LogP) is 4.16. The molecule has 0 aliphatic carbocycles. The number of halogens is 2. The van der Waals surface area contributed by atoms with Crippen LogP contribution in [-0.4, -0.2) is 17.2 Å². The van der Waals surface area contributed by atoms with Gasteiger partial charge >= 0.3 is 5.97 Å². The van der Waals surface area contributed by atoms with Gasteiger partial charge in [0.1, 0.15) is 5.69 Å². The SMILES string of the molecule is CCC(C)OC(=O)Cc1sc(F)c(N=C=S)c1Cl. The fourth-order valence-corrected chi connectivity index (χ4v) is 2.44. The second-order valence-corrected chi connectivity index (χ2v) is 5.17. The number of thiophene rings is 1. The summed E-state index contributed by atoms with van der Waals surface area (Å²) in [5, 5.41) is 1.56. The van der Waals surface area contributed by atoms with Crippen LogP contribution in [0.4, 0.5) is 10.1 Å². The lowest BCUT2D eigenvalue weighted by Crippen LogP contribution is -2.15.